The molecular formula is C20H21F2NO3. The summed E-state index contributed by atoms with van der Waals surface area (Å²) in [6.07, 6.45) is 0. The molecule has 0 saturated carbocycles. The highest BCUT2D eigenvalue weighted by Crippen LogP contribution is 2.18. The number of ether oxygens (including phenoxy) is 1. The second-order valence-electron chi connectivity index (χ2n) is 6.84. The highest BCUT2D eigenvalue weighted by Gasteiger charge is 2.27. The van der Waals surface area contributed by atoms with Crippen molar-refractivity contribution in [1.82, 2.24) is 4.90 Å². The molecule has 0 saturated heterocycles. The van der Waals surface area contributed by atoms with Crippen LogP contribution in [-0.2, 0) is 16.1 Å². The Labute approximate surface area is 151 Å². The SMILES string of the molecule is CC(C)(C)N(Cc1ccccc1)C(=O)COC(=O)c1ccc(F)cc1F. The van der Waals surface area contributed by atoms with Gasteiger partial charge in [0.05, 0.1) is 5.56 Å². The summed E-state index contributed by atoms with van der Waals surface area (Å²) in [6.45, 7) is 5.44. The summed E-state index contributed by atoms with van der Waals surface area (Å²) in [5, 5.41) is 0. The van der Waals surface area contributed by atoms with Gasteiger partial charge in [-0.05, 0) is 38.5 Å². The van der Waals surface area contributed by atoms with Crippen LogP contribution >= 0.6 is 0 Å². The van der Waals surface area contributed by atoms with E-state index in [0.717, 1.165) is 17.7 Å². The summed E-state index contributed by atoms with van der Waals surface area (Å²) >= 11 is 0. The van der Waals surface area contributed by atoms with Gasteiger partial charge >= 0.3 is 5.97 Å². The third-order valence-electron chi connectivity index (χ3n) is 3.77. The van der Waals surface area contributed by atoms with E-state index < -0.39 is 41.2 Å². The van der Waals surface area contributed by atoms with Crippen LogP contribution in [0.15, 0.2) is 48.5 Å². The zero-order chi connectivity index (χ0) is 19.3. The van der Waals surface area contributed by atoms with Gasteiger partial charge in [0.2, 0.25) is 0 Å². The number of hydrogen-bond acceptors (Lipinski definition) is 3. The minimum absolute atomic E-state index is 0.353. The van der Waals surface area contributed by atoms with Gasteiger partial charge < -0.3 is 9.64 Å². The van der Waals surface area contributed by atoms with Crippen LogP contribution in [0.3, 0.4) is 0 Å². The van der Waals surface area contributed by atoms with E-state index in [1.54, 1.807) is 4.90 Å². The maximum atomic E-state index is 13.6. The number of halogens is 2. The fourth-order valence-corrected chi connectivity index (χ4v) is 2.40. The Morgan fingerprint density at radius 1 is 1.04 bits per heavy atom. The number of amides is 1. The van der Waals surface area contributed by atoms with E-state index in [2.05, 4.69) is 0 Å². The van der Waals surface area contributed by atoms with Crippen LogP contribution in [0.4, 0.5) is 8.78 Å². The number of rotatable bonds is 5. The van der Waals surface area contributed by atoms with E-state index in [4.69, 9.17) is 4.74 Å². The zero-order valence-electron chi connectivity index (χ0n) is 15.0. The number of hydrogen-bond donors (Lipinski definition) is 0. The minimum atomic E-state index is -1.03. The molecule has 2 aromatic carbocycles. The lowest BCUT2D eigenvalue weighted by molar-refractivity contribution is -0.140. The maximum absolute atomic E-state index is 13.6. The molecule has 138 valence electrons. The van der Waals surface area contributed by atoms with Crippen molar-refractivity contribution >= 4 is 11.9 Å². The molecule has 0 atom stereocenters. The van der Waals surface area contributed by atoms with Gasteiger partial charge in [0.15, 0.2) is 6.61 Å². The highest BCUT2D eigenvalue weighted by molar-refractivity contribution is 5.91. The molecule has 2 aromatic rings. The van der Waals surface area contributed by atoms with Gasteiger partial charge in [-0.25, -0.2) is 13.6 Å². The summed E-state index contributed by atoms with van der Waals surface area (Å²) in [5.41, 5.74) is 0.0248. The number of nitrogens with zero attached hydrogens (tertiary/aromatic N) is 1. The first kappa shape index (κ1) is 19.6. The summed E-state index contributed by atoms with van der Waals surface area (Å²) in [7, 11) is 0. The Morgan fingerprint density at radius 3 is 2.27 bits per heavy atom. The van der Waals surface area contributed by atoms with Crippen molar-refractivity contribution in [2.45, 2.75) is 32.9 Å². The lowest BCUT2D eigenvalue weighted by Crippen LogP contribution is -2.46. The third-order valence-corrected chi connectivity index (χ3v) is 3.77. The molecule has 0 aromatic heterocycles. The zero-order valence-corrected chi connectivity index (χ0v) is 15.0. The molecule has 26 heavy (non-hydrogen) atoms. The molecule has 0 spiro atoms. The smallest absolute Gasteiger partial charge is 0.341 e. The standard InChI is InChI=1S/C20H21F2NO3/c1-20(2,3)23(12-14-7-5-4-6-8-14)18(24)13-26-19(25)16-10-9-15(21)11-17(16)22/h4-11H,12-13H2,1-3H3. The minimum Gasteiger partial charge on any atom is -0.452 e. The Bertz CT molecular complexity index is 785. The van der Waals surface area contributed by atoms with Crippen LogP contribution in [0.2, 0.25) is 0 Å². The van der Waals surface area contributed by atoms with Crippen LogP contribution in [0.5, 0.6) is 0 Å². The van der Waals surface area contributed by atoms with Crippen LogP contribution in [0, 0.1) is 11.6 Å². The third kappa shape index (κ3) is 5.12. The van der Waals surface area contributed by atoms with Crippen molar-refractivity contribution in [3.05, 3.63) is 71.3 Å². The molecule has 0 heterocycles. The Balaban J connectivity index is 2.06. The molecule has 0 N–H and O–H groups in total. The van der Waals surface area contributed by atoms with Gasteiger partial charge in [-0.15, -0.1) is 0 Å². The van der Waals surface area contributed by atoms with Crippen molar-refractivity contribution < 1.29 is 23.1 Å². The van der Waals surface area contributed by atoms with E-state index in [9.17, 15) is 18.4 Å². The lowest BCUT2D eigenvalue weighted by Gasteiger charge is -2.35. The van der Waals surface area contributed by atoms with E-state index in [1.807, 2.05) is 51.1 Å². The Hall–Kier alpha value is -2.76. The molecule has 0 aliphatic carbocycles. The van der Waals surface area contributed by atoms with Crippen molar-refractivity contribution in [3.63, 3.8) is 0 Å². The van der Waals surface area contributed by atoms with Crippen LogP contribution < -0.4 is 0 Å². The van der Waals surface area contributed by atoms with Gasteiger partial charge in [0, 0.05) is 18.2 Å². The topological polar surface area (TPSA) is 46.6 Å². The largest absolute Gasteiger partial charge is 0.452 e. The number of carbonyl (C=O) groups is 2. The van der Waals surface area contributed by atoms with E-state index >= 15 is 0 Å². The van der Waals surface area contributed by atoms with Crippen LogP contribution in [0.1, 0.15) is 36.7 Å². The first-order valence-electron chi connectivity index (χ1n) is 8.15. The predicted octanol–water partition coefficient (Wildman–Crippen LogP) is 3.95. The van der Waals surface area contributed by atoms with Gasteiger partial charge in [-0.3, -0.25) is 4.79 Å². The molecule has 2 rings (SSSR count). The lowest BCUT2D eigenvalue weighted by atomic mass is 10.0. The molecule has 0 unspecified atom stereocenters. The van der Waals surface area contributed by atoms with E-state index in [-0.39, 0.29) is 0 Å². The number of esters is 1. The van der Waals surface area contributed by atoms with E-state index in [0.29, 0.717) is 12.6 Å². The van der Waals surface area contributed by atoms with Gasteiger partial charge in [-0.1, -0.05) is 30.3 Å². The molecule has 0 aliphatic heterocycles. The fraction of sp³-hybridized carbons (Fsp3) is 0.300. The number of benzene rings is 2. The normalized spacial score (nSPS) is 11.1. The highest BCUT2D eigenvalue weighted by atomic mass is 19.1. The molecular weight excluding hydrogens is 340 g/mol. The molecule has 1 amide bonds. The maximum Gasteiger partial charge on any atom is 0.341 e. The van der Waals surface area contributed by atoms with Crippen molar-refractivity contribution in [2.75, 3.05) is 6.61 Å². The number of carbonyl (C=O) groups excluding carboxylic acids is 2. The summed E-state index contributed by atoms with van der Waals surface area (Å²) in [6, 6.07) is 12.0. The van der Waals surface area contributed by atoms with E-state index in [1.165, 1.54) is 0 Å². The predicted molar refractivity (Wildman–Crippen MR) is 93.4 cm³/mol. The first-order valence-corrected chi connectivity index (χ1v) is 8.15. The second-order valence-corrected chi connectivity index (χ2v) is 6.84. The Morgan fingerprint density at radius 2 is 1.69 bits per heavy atom. The van der Waals surface area contributed by atoms with Crippen LogP contribution in [0.25, 0.3) is 0 Å². The molecule has 0 aliphatic rings. The van der Waals surface area contributed by atoms with Crippen LogP contribution in [-0.4, -0.2) is 28.9 Å². The first-order chi connectivity index (χ1) is 12.2. The van der Waals surface area contributed by atoms with Crippen molar-refractivity contribution in [1.29, 1.82) is 0 Å². The molecule has 4 nitrogen and oxygen atoms in total. The molecule has 0 fully saturated rings. The average Bonchev–Trinajstić information content (AvgIpc) is 2.57. The summed E-state index contributed by atoms with van der Waals surface area (Å²) < 4.78 is 31.5. The van der Waals surface area contributed by atoms with Gasteiger partial charge in [-0.2, -0.15) is 0 Å². The van der Waals surface area contributed by atoms with Crippen molar-refractivity contribution in [2.24, 2.45) is 0 Å². The van der Waals surface area contributed by atoms with Gasteiger partial charge in [0.25, 0.3) is 5.91 Å². The summed E-state index contributed by atoms with van der Waals surface area (Å²) in [5.74, 6) is -3.24. The summed E-state index contributed by atoms with van der Waals surface area (Å²) in [4.78, 5) is 26.1. The average molecular weight is 361 g/mol. The molecule has 6 heteroatoms. The Kier molecular flexibility index (Phi) is 6.08. The molecule has 0 radical (unpaired) electrons. The molecule has 0 bridgehead atoms. The monoisotopic (exact) mass is 361 g/mol. The quantitative estimate of drug-likeness (QED) is 0.758. The fourth-order valence-electron chi connectivity index (χ4n) is 2.40. The second kappa shape index (κ2) is 8.08. The van der Waals surface area contributed by atoms with Gasteiger partial charge in [0.1, 0.15) is 11.6 Å². The van der Waals surface area contributed by atoms with Crippen molar-refractivity contribution in [3.8, 4) is 0 Å².